The number of hydrogen-bond acceptors (Lipinski definition) is 5. The summed E-state index contributed by atoms with van der Waals surface area (Å²) in [4.78, 5) is 26.2. The Hall–Kier alpha value is -3.29. The minimum absolute atomic E-state index is 0.103. The van der Waals surface area contributed by atoms with Gasteiger partial charge >= 0.3 is 6.03 Å². The summed E-state index contributed by atoms with van der Waals surface area (Å²) in [6, 6.07) is 19.5. The number of rotatable bonds is 6. The molecule has 1 atom stereocenters. The zero-order valence-corrected chi connectivity index (χ0v) is 17.7. The van der Waals surface area contributed by atoms with Crippen LogP contribution in [0.2, 0.25) is 0 Å². The van der Waals surface area contributed by atoms with Crippen LogP contribution in [0.4, 0.5) is 10.5 Å². The zero-order chi connectivity index (χ0) is 21.5. The average molecular weight is 417 g/mol. The number of nitrogens with one attached hydrogen (secondary N) is 2. The highest BCUT2D eigenvalue weighted by atomic mass is 16.2. The fraction of sp³-hybridized carbons (Fsp3) is 0.292. The molecular weight excluding hydrogens is 388 g/mol. The van der Waals surface area contributed by atoms with E-state index >= 15 is 0 Å². The highest BCUT2D eigenvalue weighted by Gasteiger charge is 2.21. The van der Waals surface area contributed by atoms with Crippen molar-refractivity contribution in [3.8, 4) is 11.4 Å². The van der Waals surface area contributed by atoms with Crippen LogP contribution in [0.3, 0.4) is 0 Å². The number of hydrogen-bond donors (Lipinski definition) is 2. The number of benzene rings is 2. The quantitative estimate of drug-likeness (QED) is 0.645. The zero-order valence-electron chi connectivity index (χ0n) is 17.7. The Labute approximate surface area is 183 Å². The number of anilines is 1. The van der Waals surface area contributed by atoms with Gasteiger partial charge in [0.25, 0.3) is 0 Å². The molecule has 1 aliphatic rings. The van der Waals surface area contributed by atoms with Gasteiger partial charge in [-0.05, 0) is 12.6 Å². The topological polar surface area (TPSA) is 73.4 Å². The molecule has 2 aromatic carbocycles. The maximum atomic E-state index is 12.7. The Morgan fingerprint density at radius 2 is 1.55 bits per heavy atom. The monoisotopic (exact) mass is 416 g/mol. The van der Waals surface area contributed by atoms with E-state index in [1.807, 2.05) is 48.5 Å². The maximum absolute atomic E-state index is 12.7. The van der Waals surface area contributed by atoms with Crippen molar-refractivity contribution < 1.29 is 4.79 Å². The van der Waals surface area contributed by atoms with Crippen molar-refractivity contribution in [1.82, 2.24) is 25.1 Å². The summed E-state index contributed by atoms with van der Waals surface area (Å²) in [7, 11) is 2.14. The molecule has 2 heterocycles. The van der Waals surface area contributed by atoms with E-state index < -0.39 is 0 Å². The van der Waals surface area contributed by atoms with Crippen molar-refractivity contribution in [2.75, 3.05) is 45.1 Å². The van der Waals surface area contributed by atoms with Crippen molar-refractivity contribution in [3.05, 3.63) is 78.6 Å². The molecule has 4 rings (SSSR count). The minimum Gasteiger partial charge on any atom is -0.330 e. The van der Waals surface area contributed by atoms with E-state index in [4.69, 9.17) is 0 Å². The average Bonchev–Trinajstić information content (AvgIpc) is 2.82. The molecule has 1 aromatic heterocycles. The van der Waals surface area contributed by atoms with Gasteiger partial charge in [0, 0.05) is 38.3 Å². The highest BCUT2D eigenvalue weighted by molar-refractivity contribution is 5.89. The van der Waals surface area contributed by atoms with Gasteiger partial charge in [-0.3, -0.25) is 4.90 Å². The molecule has 1 unspecified atom stereocenters. The third kappa shape index (κ3) is 5.87. The first-order valence-corrected chi connectivity index (χ1v) is 10.6. The maximum Gasteiger partial charge on any atom is 0.319 e. The van der Waals surface area contributed by atoms with Gasteiger partial charge in [0.15, 0.2) is 5.82 Å². The number of carbonyl (C=O) groups excluding carboxylic acids is 1. The lowest BCUT2D eigenvalue weighted by molar-refractivity contribution is 0.143. The Morgan fingerprint density at radius 3 is 2.19 bits per heavy atom. The van der Waals surface area contributed by atoms with Gasteiger partial charge < -0.3 is 15.5 Å². The van der Waals surface area contributed by atoms with Gasteiger partial charge in [0.1, 0.15) is 0 Å². The fourth-order valence-corrected chi connectivity index (χ4v) is 3.66. The molecule has 1 fully saturated rings. The lowest BCUT2D eigenvalue weighted by Gasteiger charge is -2.35. The van der Waals surface area contributed by atoms with Crippen molar-refractivity contribution in [2.45, 2.75) is 6.04 Å². The SMILES string of the molecule is CN1CCN(CC(NC(=O)Nc2cnc(-c3ccccc3)nc2)c2ccccc2)CC1. The number of aromatic nitrogens is 2. The number of nitrogens with zero attached hydrogens (tertiary/aromatic N) is 4. The molecule has 1 aliphatic heterocycles. The van der Waals surface area contributed by atoms with Crippen molar-refractivity contribution in [3.63, 3.8) is 0 Å². The second kappa shape index (κ2) is 10.1. The summed E-state index contributed by atoms with van der Waals surface area (Å²) in [6.07, 6.45) is 3.26. The molecule has 2 N–H and O–H groups in total. The molecule has 7 nitrogen and oxygen atoms in total. The molecular formula is C24H28N6O. The van der Waals surface area contributed by atoms with Crippen molar-refractivity contribution >= 4 is 11.7 Å². The molecule has 7 heteroatoms. The first-order valence-electron chi connectivity index (χ1n) is 10.6. The summed E-state index contributed by atoms with van der Waals surface area (Å²) in [5.74, 6) is 0.629. The third-order valence-corrected chi connectivity index (χ3v) is 5.49. The van der Waals surface area contributed by atoms with Crippen LogP contribution in [0.15, 0.2) is 73.1 Å². The van der Waals surface area contributed by atoms with Crippen LogP contribution in [0.25, 0.3) is 11.4 Å². The lowest BCUT2D eigenvalue weighted by Crippen LogP contribution is -2.48. The lowest BCUT2D eigenvalue weighted by atomic mass is 10.1. The molecule has 1 saturated heterocycles. The second-order valence-corrected chi connectivity index (χ2v) is 7.83. The Kier molecular flexibility index (Phi) is 6.86. The van der Waals surface area contributed by atoms with Crippen LogP contribution in [-0.2, 0) is 0 Å². The smallest absolute Gasteiger partial charge is 0.319 e. The minimum atomic E-state index is -0.265. The highest BCUT2D eigenvalue weighted by Crippen LogP contribution is 2.17. The van der Waals surface area contributed by atoms with Crippen molar-refractivity contribution in [1.29, 1.82) is 0 Å². The van der Waals surface area contributed by atoms with E-state index in [1.54, 1.807) is 12.4 Å². The summed E-state index contributed by atoms with van der Waals surface area (Å²) in [6.45, 7) is 4.85. The van der Waals surface area contributed by atoms with Gasteiger partial charge in [-0.1, -0.05) is 60.7 Å². The largest absolute Gasteiger partial charge is 0.330 e. The molecule has 0 saturated carbocycles. The number of carbonyl (C=O) groups is 1. The standard InChI is InChI=1S/C24H28N6O/c1-29-12-14-30(15-13-29)18-22(19-8-4-2-5-9-19)28-24(31)27-21-16-25-23(26-17-21)20-10-6-3-7-11-20/h2-11,16-17,22H,12-15,18H2,1H3,(H2,27,28,31). The molecule has 31 heavy (non-hydrogen) atoms. The Balaban J connectivity index is 1.40. The van der Waals surface area contributed by atoms with Crippen LogP contribution in [0, 0.1) is 0 Å². The molecule has 2 amide bonds. The summed E-state index contributed by atoms with van der Waals surface area (Å²) in [5.41, 5.74) is 2.59. The molecule has 0 bridgehead atoms. The van der Waals surface area contributed by atoms with E-state index in [0.717, 1.165) is 43.9 Å². The molecule has 0 aliphatic carbocycles. The van der Waals surface area contributed by atoms with Gasteiger partial charge in [-0.15, -0.1) is 0 Å². The van der Waals surface area contributed by atoms with E-state index in [1.165, 1.54) is 0 Å². The number of piperazine rings is 1. The normalized spacial score (nSPS) is 15.9. The molecule has 160 valence electrons. The number of urea groups is 1. The fourth-order valence-electron chi connectivity index (χ4n) is 3.66. The number of amides is 2. The third-order valence-electron chi connectivity index (χ3n) is 5.49. The summed E-state index contributed by atoms with van der Waals surface area (Å²) in [5, 5.41) is 5.99. The summed E-state index contributed by atoms with van der Waals surface area (Å²) < 4.78 is 0. The van der Waals surface area contributed by atoms with Crippen LogP contribution >= 0.6 is 0 Å². The van der Waals surface area contributed by atoms with Gasteiger partial charge in [-0.25, -0.2) is 14.8 Å². The van der Waals surface area contributed by atoms with Gasteiger partial charge in [0.05, 0.1) is 24.1 Å². The molecule has 0 spiro atoms. The first kappa shape index (κ1) is 21.0. The predicted octanol–water partition coefficient (Wildman–Crippen LogP) is 3.25. The van der Waals surface area contributed by atoms with Crippen LogP contribution in [0.5, 0.6) is 0 Å². The predicted molar refractivity (Wildman–Crippen MR) is 123 cm³/mol. The van der Waals surface area contributed by atoms with Crippen molar-refractivity contribution in [2.24, 2.45) is 0 Å². The molecule has 0 radical (unpaired) electrons. The second-order valence-electron chi connectivity index (χ2n) is 7.83. The van der Waals surface area contributed by atoms with E-state index in [-0.39, 0.29) is 12.1 Å². The summed E-state index contributed by atoms with van der Waals surface area (Å²) >= 11 is 0. The van der Waals surface area contributed by atoms with Gasteiger partial charge in [0.2, 0.25) is 0 Å². The van der Waals surface area contributed by atoms with E-state index in [2.05, 4.69) is 49.6 Å². The van der Waals surface area contributed by atoms with Crippen LogP contribution in [0.1, 0.15) is 11.6 Å². The molecule has 3 aromatic rings. The van der Waals surface area contributed by atoms with Crippen LogP contribution in [-0.4, -0.2) is 65.6 Å². The Bertz CT molecular complexity index is 956. The van der Waals surface area contributed by atoms with E-state index in [9.17, 15) is 4.79 Å². The van der Waals surface area contributed by atoms with E-state index in [0.29, 0.717) is 11.5 Å². The van der Waals surface area contributed by atoms with Gasteiger partial charge in [-0.2, -0.15) is 0 Å². The number of likely N-dealkylation sites (N-methyl/N-ethyl adjacent to an activating group) is 1. The Morgan fingerprint density at radius 1 is 0.935 bits per heavy atom. The van der Waals surface area contributed by atoms with Crippen LogP contribution < -0.4 is 10.6 Å². The first-order chi connectivity index (χ1) is 15.2.